The fourth-order valence-electron chi connectivity index (χ4n) is 7.51. The van der Waals surface area contributed by atoms with Gasteiger partial charge in [-0.3, -0.25) is 24.0 Å². The van der Waals surface area contributed by atoms with Crippen LogP contribution in [0.5, 0.6) is 0 Å². The van der Waals surface area contributed by atoms with Crippen molar-refractivity contribution in [3.63, 3.8) is 0 Å². The Morgan fingerprint density at radius 3 is 2.00 bits per heavy atom. The Labute approximate surface area is 444 Å². The molecule has 420 valence electrons. The fourth-order valence-corrected chi connectivity index (χ4v) is 7.51. The molecule has 75 heavy (non-hydrogen) atoms. The number of hydrogen-bond donors (Lipinski definition) is 7. The Morgan fingerprint density at radius 1 is 0.733 bits per heavy atom. The number of ether oxygens (including phenoxy) is 2. The topological polar surface area (TPSA) is 322 Å². The van der Waals surface area contributed by atoms with Crippen molar-refractivity contribution in [2.75, 3.05) is 58.7 Å². The molecule has 0 saturated heterocycles. The number of nitrogens with zero attached hydrogens (tertiary/aromatic N) is 5. The number of Topliss-reactive ketones (excluding diaryl/α,β-unsaturated/α-hetero) is 1. The Bertz CT molecular complexity index is 1990. The van der Waals surface area contributed by atoms with Crippen molar-refractivity contribution in [1.82, 2.24) is 31.1 Å². The van der Waals surface area contributed by atoms with Crippen LogP contribution in [0.25, 0.3) is 10.4 Å². The molecule has 22 nitrogen and oxygen atoms in total. The van der Waals surface area contributed by atoms with E-state index in [0.29, 0.717) is 11.3 Å². The number of anilines is 1. The maximum absolute atomic E-state index is 13.6. The van der Waals surface area contributed by atoms with E-state index in [1.54, 1.807) is 38.1 Å². The van der Waals surface area contributed by atoms with Crippen LogP contribution in [0, 0.1) is 11.8 Å². The van der Waals surface area contributed by atoms with Gasteiger partial charge in [0.1, 0.15) is 18.7 Å². The van der Waals surface area contributed by atoms with Gasteiger partial charge >= 0.3 is 18.2 Å². The van der Waals surface area contributed by atoms with Gasteiger partial charge in [0.15, 0.2) is 12.4 Å². The number of carbonyl (C=O) groups is 8. The maximum atomic E-state index is 13.6. The normalized spacial score (nSPS) is 12.7. The van der Waals surface area contributed by atoms with Gasteiger partial charge in [0.05, 0.1) is 6.04 Å². The zero-order valence-electron chi connectivity index (χ0n) is 45.4. The molecule has 1 unspecified atom stereocenters. The summed E-state index contributed by atoms with van der Waals surface area (Å²) in [7, 11) is 3.07. The number of carbonyl (C=O) groups excluding carboxylic acids is 8. The van der Waals surface area contributed by atoms with Gasteiger partial charge < -0.3 is 57.3 Å². The van der Waals surface area contributed by atoms with E-state index in [9.17, 15) is 38.4 Å². The van der Waals surface area contributed by atoms with Gasteiger partial charge in [-0.15, -0.1) is 0 Å². The third-order valence-corrected chi connectivity index (χ3v) is 12.2. The van der Waals surface area contributed by atoms with Crippen LogP contribution >= 0.6 is 0 Å². The van der Waals surface area contributed by atoms with Gasteiger partial charge in [0.2, 0.25) is 23.6 Å². The number of nitrogens with one attached hydrogen (secondary N) is 5. The number of unbranched alkanes of at least 4 members (excludes halogenated alkanes) is 7. The summed E-state index contributed by atoms with van der Waals surface area (Å²) in [6.45, 7) is 7.84. The number of amides is 8. The van der Waals surface area contributed by atoms with Crippen molar-refractivity contribution in [2.24, 2.45) is 28.4 Å². The number of ketones is 1. The second kappa shape index (κ2) is 40.7. The Hall–Kier alpha value is -6.67. The average molecular weight is 1050 g/mol. The predicted molar refractivity (Wildman–Crippen MR) is 290 cm³/mol. The lowest BCUT2D eigenvalue weighted by Crippen LogP contribution is -2.54. The molecule has 0 aliphatic heterocycles. The van der Waals surface area contributed by atoms with E-state index >= 15 is 0 Å². The quantitative estimate of drug-likeness (QED) is 0.0113. The SMILES string of the molecule is CCC=CCC=CCCCCCC(CCCCCCC)C(=O)COC(=O)N(C)CCN(C)C(=O)OCc1ccc(NC(=O)[C@H](CCCNC(N)=O)NC(=O)[C@@H](NC(=O)CC[C@@H](N)C(=O)NCCN=[N+]=[N-])C(C)C)cc1. The number of rotatable bonds is 40. The highest BCUT2D eigenvalue weighted by molar-refractivity contribution is 5.98. The zero-order valence-corrected chi connectivity index (χ0v) is 45.4. The smallest absolute Gasteiger partial charge is 0.409 e. The summed E-state index contributed by atoms with van der Waals surface area (Å²) < 4.78 is 10.9. The molecule has 0 fully saturated rings. The van der Waals surface area contributed by atoms with E-state index in [2.05, 4.69) is 74.8 Å². The highest BCUT2D eigenvalue weighted by Gasteiger charge is 2.29. The van der Waals surface area contributed by atoms with Gasteiger partial charge in [-0.1, -0.05) is 114 Å². The second-order valence-corrected chi connectivity index (χ2v) is 18.9. The van der Waals surface area contributed by atoms with Gasteiger partial charge in [-0.25, -0.2) is 14.4 Å². The molecule has 4 atom stereocenters. The molecule has 0 aliphatic carbocycles. The maximum Gasteiger partial charge on any atom is 0.409 e. The minimum absolute atomic E-state index is 0.0256. The summed E-state index contributed by atoms with van der Waals surface area (Å²) in [6.07, 6.45) is 20.7. The van der Waals surface area contributed by atoms with Gasteiger partial charge in [0.25, 0.3) is 0 Å². The average Bonchev–Trinajstić information content (AvgIpc) is 3.38. The number of allylic oxidation sites excluding steroid dienone is 4. The minimum atomic E-state index is -1.10. The number of primary amides is 1. The molecule has 0 aliphatic rings. The van der Waals surface area contributed by atoms with E-state index in [1.807, 2.05) is 0 Å². The molecule has 1 aromatic rings. The number of nitrogens with two attached hydrogens (primary N) is 2. The summed E-state index contributed by atoms with van der Waals surface area (Å²) in [5, 5.41) is 16.4. The Balaban J connectivity index is 2.74. The molecule has 22 heteroatoms. The van der Waals surface area contributed by atoms with Crippen molar-refractivity contribution < 1.29 is 47.8 Å². The van der Waals surface area contributed by atoms with Crippen molar-refractivity contribution >= 4 is 53.3 Å². The third-order valence-electron chi connectivity index (χ3n) is 12.2. The van der Waals surface area contributed by atoms with Crippen molar-refractivity contribution in [3.05, 3.63) is 64.6 Å². The lowest BCUT2D eigenvalue weighted by molar-refractivity contribution is -0.132. The molecule has 0 saturated carbocycles. The molecule has 1 rings (SSSR count). The first-order valence-electron chi connectivity index (χ1n) is 26.6. The molecule has 0 radical (unpaired) electrons. The predicted octanol–water partition coefficient (Wildman–Crippen LogP) is 7.28. The van der Waals surface area contributed by atoms with Gasteiger partial charge in [0, 0.05) is 69.8 Å². The van der Waals surface area contributed by atoms with Crippen LogP contribution in [0.1, 0.15) is 142 Å². The second-order valence-electron chi connectivity index (χ2n) is 18.9. The molecular formula is C53H88N12O10. The molecule has 8 amide bonds. The number of hydrogen-bond acceptors (Lipinski definition) is 12. The van der Waals surface area contributed by atoms with E-state index in [4.69, 9.17) is 26.5 Å². The number of azide groups is 1. The third kappa shape index (κ3) is 31.6. The number of benzene rings is 1. The summed E-state index contributed by atoms with van der Waals surface area (Å²) >= 11 is 0. The molecule has 0 heterocycles. The lowest BCUT2D eigenvalue weighted by atomic mass is 9.91. The van der Waals surface area contributed by atoms with Crippen LogP contribution in [-0.4, -0.2) is 129 Å². The first-order valence-corrected chi connectivity index (χ1v) is 26.6. The van der Waals surface area contributed by atoms with Crippen LogP contribution in [0.4, 0.5) is 20.1 Å². The van der Waals surface area contributed by atoms with Crippen molar-refractivity contribution in [3.8, 4) is 0 Å². The molecule has 0 bridgehead atoms. The Morgan fingerprint density at radius 2 is 1.37 bits per heavy atom. The van der Waals surface area contributed by atoms with Crippen LogP contribution in [0.2, 0.25) is 0 Å². The fraction of sp³-hybridized carbons (Fsp3) is 0.660. The van der Waals surface area contributed by atoms with Crippen LogP contribution in [0.15, 0.2) is 53.7 Å². The van der Waals surface area contributed by atoms with Crippen LogP contribution < -0.4 is 38.1 Å². The number of urea groups is 1. The molecule has 9 N–H and O–H groups in total. The lowest BCUT2D eigenvalue weighted by Gasteiger charge is -2.25. The van der Waals surface area contributed by atoms with E-state index in [1.165, 1.54) is 30.3 Å². The van der Waals surface area contributed by atoms with Gasteiger partial charge in [-0.2, -0.15) is 0 Å². The van der Waals surface area contributed by atoms with Crippen LogP contribution in [0.3, 0.4) is 0 Å². The van der Waals surface area contributed by atoms with Crippen molar-refractivity contribution in [2.45, 2.75) is 162 Å². The molecule has 0 spiro atoms. The Kier molecular flexibility index (Phi) is 36.0. The minimum Gasteiger partial charge on any atom is -0.445 e. The molecular weight excluding hydrogens is 965 g/mol. The van der Waals surface area contributed by atoms with E-state index in [0.717, 1.165) is 77.0 Å². The van der Waals surface area contributed by atoms with E-state index in [-0.39, 0.29) is 83.3 Å². The largest absolute Gasteiger partial charge is 0.445 e. The summed E-state index contributed by atoms with van der Waals surface area (Å²) in [5.41, 5.74) is 20.4. The summed E-state index contributed by atoms with van der Waals surface area (Å²) in [6, 6.07) is 2.54. The van der Waals surface area contributed by atoms with Crippen molar-refractivity contribution in [1.29, 1.82) is 0 Å². The summed E-state index contributed by atoms with van der Waals surface area (Å²) in [4.78, 5) is 108. The number of likely N-dealkylation sites (N-methyl/N-ethyl adjacent to an activating group) is 2. The van der Waals surface area contributed by atoms with Crippen LogP contribution in [-0.2, 0) is 40.1 Å². The van der Waals surface area contributed by atoms with E-state index < -0.39 is 65.9 Å². The monoisotopic (exact) mass is 1050 g/mol. The first-order chi connectivity index (χ1) is 35.9. The molecule has 1 aromatic carbocycles. The summed E-state index contributed by atoms with van der Waals surface area (Å²) in [5.74, 6) is -2.91. The van der Waals surface area contributed by atoms with Gasteiger partial charge in [-0.05, 0) is 86.9 Å². The zero-order chi connectivity index (χ0) is 55.8. The standard InChI is InChI=1S/C53H88N12O10/c1-7-9-11-13-14-15-16-17-19-21-24-41(23-20-18-12-10-8-2)45(66)38-75-53(73)65(6)36-35-64(5)52(72)74-37-40-26-28-42(29-27-40)60-49(69)44(25-22-32-58-51(55)71)61-50(70)47(39(3)4)62-46(67)31-30-43(54)48(68)57-33-34-59-63-56/h9,11,14-15,26-29,39,41,43-44,47H,7-8,10,12-13,16-25,30-38,54H2,1-6H3,(H,57,68)(H,60,69)(H,61,70)(H,62,67)(H3,55,58,71)/t41?,43-,44+,47+/m1/s1. The first kappa shape index (κ1) is 66.3. The highest BCUT2D eigenvalue weighted by atomic mass is 16.6. The molecule has 0 aromatic heterocycles. The highest BCUT2D eigenvalue weighted by Crippen LogP contribution is 2.21.